The van der Waals surface area contributed by atoms with Crippen molar-refractivity contribution in [1.29, 1.82) is 0 Å². The SMILES string of the molecule is COc1ccccc1C(=O)Nc1ccc2nc(SCc3c(C)cc(C)c(C(C)=O)c3C)sc2c1. The first-order chi connectivity index (χ1) is 16.3. The number of para-hydroxylation sites is 1. The van der Waals surface area contributed by atoms with E-state index in [0.29, 0.717) is 17.0 Å². The molecule has 7 heteroatoms. The number of fused-ring (bicyclic) bond motifs is 1. The fourth-order valence-corrected chi connectivity index (χ4v) is 6.49. The lowest BCUT2D eigenvalue weighted by atomic mass is 9.92. The number of hydrogen-bond acceptors (Lipinski definition) is 6. The van der Waals surface area contributed by atoms with Crippen molar-refractivity contribution in [1.82, 2.24) is 4.98 Å². The molecule has 4 rings (SSSR count). The standard InChI is InChI=1S/C27H26N2O3S2/c1-15-12-16(2)25(18(4)30)17(3)21(15)14-33-27-29-22-11-10-19(13-24(22)34-27)28-26(31)20-8-6-7-9-23(20)32-5/h6-13H,14H2,1-5H3,(H,28,31). The lowest BCUT2D eigenvalue weighted by molar-refractivity contribution is 0.101. The molecule has 1 amide bonds. The predicted molar refractivity (Wildman–Crippen MR) is 141 cm³/mol. The number of amides is 1. The van der Waals surface area contributed by atoms with Crippen molar-refractivity contribution in [3.8, 4) is 5.75 Å². The molecule has 1 heterocycles. The van der Waals surface area contributed by atoms with E-state index < -0.39 is 0 Å². The van der Waals surface area contributed by atoms with E-state index in [2.05, 4.69) is 18.3 Å². The number of Topliss-reactive ketones (excluding diaryl/α,β-unsaturated/α-hetero) is 1. The van der Waals surface area contributed by atoms with Crippen molar-refractivity contribution < 1.29 is 14.3 Å². The maximum absolute atomic E-state index is 12.7. The number of nitrogens with one attached hydrogen (secondary N) is 1. The Kier molecular flexibility index (Phi) is 7.05. The summed E-state index contributed by atoms with van der Waals surface area (Å²) in [7, 11) is 1.55. The molecule has 5 nitrogen and oxygen atoms in total. The molecule has 34 heavy (non-hydrogen) atoms. The summed E-state index contributed by atoms with van der Waals surface area (Å²) in [5.41, 5.74) is 7.36. The highest BCUT2D eigenvalue weighted by molar-refractivity contribution is 8.00. The number of aromatic nitrogens is 1. The number of benzene rings is 3. The van der Waals surface area contributed by atoms with Crippen LogP contribution in [0.25, 0.3) is 10.2 Å². The number of ketones is 1. The van der Waals surface area contributed by atoms with Crippen LogP contribution in [0.2, 0.25) is 0 Å². The maximum Gasteiger partial charge on any atom is 0.259 e. The summed E-state index contributed by atoms with van der Waals surface area (Å²) >= 11 is 3.26. The van der Waals surface area contributed by atoms with Gasteiger partial charge in [-0.3, -0.25) is 9.59 Å². The molecule has 0 aliphatic heterocycles. The normalized spacial score (nSPS) is 11.0. The monoisotopic (exact) mass is 490 g/mol. The number of anilines is 1. The summed E-state index contributed by atoms with van der Waals surface area (Å²) in [6, 6.07) is 15.0. The molecule has 0 saturated carbocycles. The molecule has 1 aromatic heterocycles. The molecule has 174 valence electrons. The van der Waals surface area contributed by atoms with Crippen LogP contribution in [0.3, 0.4) is 0 Å². The summed E-state index contributed by atoms with van der Waals surface area (Å²) < 4.78 is 7.25. The van der Waals surface area contributed by atoms with Gasteiger partial charge in [-0.15, -0.1) is 11.3 Å². The summed E-state index contributed by atoms with van der Waals surface area (Å²) in [5, 5.41) is 2.95. The largest absolute Gasteiger partial charge is 0.496 e. The quantitative estimate of drug-likeness (QED) is 0.224. The molecule has 1 N–H and O–H groups in total. The van der Waals surface area contributed by atoms with Crippen molar-refractivity contribution in [3.05, 3.63) is 81.9 Å². The minimum atomic E-state index is -0.220. The highest BCUT2D eigenvalue weighted by Gasteiger charge is 2.16. The Bertz CT molecular complexity index is 1410. The third kappa shape index (κ3) is 4.86. The first kappa shape index (κ1) is 24.0. The molecule has 0 radical (unpaired) electrons. The van der Waals surface area contributed by atoms with Crippen LogP contribution >= 0.6 is 23.1 Å². The number of aryl methyl sites for hydroxylation is 2. The Morgan fingerprint density at radius 1 is 1.06 bits per heavy atom. The first-order valence-corrected chi connectivity index (χ1v) is 12.7. The number of carbonyl (C=O) groups is 2. The Hall–Kier alpha value is -3.16. The van der Waals surface area contributed by atoms with Crippen LogP contribution < -0.4 is 10.1 Å². The van der Waals surface area contributed by atoms with Crippen molar-refractivity contribution in [2.24, 2.45) is 0 Å². The molecule has 0 spiro atoms. The number of thioether (sulfide) groups is 1. The van der Waals surface area contributed by atoms with E-state index in [-0.39, 0.29) is 11.7 Å². The predicted octanol–water partition coefficient (Wildman–Crippen LogP) is 6.98. The number of thiazole rings is 1. The van der Waals surface area contributed by atoms with Crippen LogP contribution in [0.4, 0.5) is 5.69 Å². The van der Waals surface area contributed by atoms with Crippen molar-refractivity contribution >= 4 is 50.7 Å². The van der Waals surface area contributed by atoms with E-state index in [1.54, 1.807) is 49.3 Å². The van der Waals surface area contributed by atoms with E-state index >= 15 is 0 Å². The average molecular weight is 491 g/mol. The third-order valence-corrected chi connectivity index (χ3v) is 7.99. The minimum Gasteiger partial charge on any atom is -0.496 e. The van der Waals surface area contributed by atoms with Gasteiger partial charge in [0.05, 0.1) is 22.9 Å². The van der Waals surface area contributed by atoms with Gasteiger partial charge in [0, 0.05) is 17.0 Å². The molecular weight excluding hydrogens is 464 g/mol. The van der Waals surface area contributed by atoms with E-state index in [9.17, 15) is 9.59 Å². The minimum absolute atomic E-state index is 0.101. The van der Waals surface area contributed by atoms with E-state index in [1.165, 1.54) is 11.1 Å². The van der Waals surface area contributed by atoms with Gasteiger partial charge < -0.3 is 10.1 Å². The zero-order valence-corrected chi connectivity index (χ0v) is 21.4. The van der Waals surface area contributed by atoms with Gasteiger partial charge >= 0.3 is 0 Å². The molecule has 0 atom stereocenters. The smallest absolute Gasteiger partial charge is 0.259 e. The fraction of sp³-hybridized carbons (Fsp3) is 0.222. The van der Waals surface area contributed by atoms with Gasteiger partial charge in [-0.2, -0.15) is 0 Å². The zero-order chi connectivity index (χ0) is 24.4. The lowest BCUT2D eigenvalue weighted by Crippen LogP contribution is -2.12. The molecule has 0 aliphatic rings. The molecule has 0 saturated heterocycles. The van der Waals surface area contributed by atoms with Crippen LogP contribution in [-0.2, 0) is 5.75 Å². The number of nitrogens with zero attached hydrogens (tertiary/aromatic N) is 1. The van der Waals surface area contributed by atoms with Gasteiger partial charge in [-0.05, 0) is 80.3 Å². The van der Waals surface area contributed by atoms with Crippen LogP contribution in [0.5, 0.6) is 5.75 Å². The van der Waals surface area contributed by atoms with Crippen LogP contribution in [0.15, 0.2) is 52.9 Å². The third-order valence-electron chi connectivity index (χ3n) is 5.80. The van der Waals surface area contributed by atoms with E-state index in [0.717, 1.165) is 37.0 Å². The highest BCUT2D eigenvalue weighted by atomic mass is 32.2. The van der Waals surface area contributed by atoms with Crippen LogP contribution in [-0.4, -0.2) is 23.8 Å². The number of hydrogen-bond donors (Lipinski definition) is 1. The van der Waals surface area contributed by atoms with Crippen LogP contribution in [0.1, 0.15) is 49.9 Å². The van der Waals surface area contributed by atoms with Gasteiger partial charge in [-0.1, -0.05) is 30.0 Å². The number of methoxy groups -OCH3 is 1. The zero-order valence-electron chi connectivity index (χ0n) is 19.8. The van der Waals surface area contributed by atoms with Gasteiger partial charge in [0.1, 0.15) is 5.75 Å². The van der Waals surface area contributed by atoms with Crippen molar-refractivity contribution in [2.75, 3.05) is 12.4 Å². The summed E-state index contributed by atoms with van der Waals surface area (Å²) in [4.78, 5) is 29.6. The van der Waals surface area contributed by atoms with Gasteiger partial charge in [-0.25, -0.2) is 4.98 Å². The molecule has 3 aromatic carbocycles. The maximum atomic E-state index is 12.7. The Morgan fingerprint density at radius 3 is 2.56 bits per heavy atom. The number of ether oxygens (including phenoxy) is 1. The van der Waals surface area contributed by atoms with Gasteiger partial charge in [0.15, 0.2) is 10.1 Å². The molecule has 0 unspecified atom stereocenters. The number of rotatable bonds is 7. The second-order valence-corrected chi connectivity index (χ2v) is 10.4. The van der Waals surface area contributed by atoms with Crippen molar-refractivity contribution in [2.45, 2.75) is 37.8 Å². The topological polar surface area (TPSA) is 68.3 Å². The second kappa shape index (κ2) is 9.99. The summed E-state index contributed by atoms with van der Waals surface area (Å²) in [5.74, 6) is 1.16. The summed E-state index contributed by atoms with van der Waals surface area (Å²) in [6.45, 7) is 7.74. The van der Waals surface area contributed by atoms with E-state index in [4.69, 9.17) is 9.72 Å². The number of carbonyl (C=O) groups excluding carboxylic acids is 2. The Morgan fingerprint density at radius 2 is 1.82 bits per heavy atom. The average Bonchev–Trinajstić information content (AvgIpc) is 3.20. The highest BCUT2D eigenvalue weighted by Crippen LogP contribution is 2.35. The molecule has 4 aromatic rings. The Labute approximate surface area is 207 Å². The van der Waals surface area contributed by atoms with Crippen LogP contribution in [0, 0.1) is 20.8 Å². The van der Waals surface area contributed by atoms with Crippen molar-refractivity contribution in [3.63, 3.8) is 0 Å². The van der Waals surface area contributed by atoms with E-state index in [1.807, 2.05) is 44.2 Å². The summed E-state index contributed by atoms with van der Waals surface area (Å²) in [6.07, 6.45) is 0. The molecular formula is C27H26N2O3S2. The first-order valence-electron chi connectivity index (χ1n) is 10.9. The fourth-order valence-electron chi connectivity index (χ4n) is 4.20. The molecule has 0 fully saturated rings. The van der Waals surface area contributed by atoms with Gasteiger partial charge in [0.25, 0.3) is 5.91 Å². The molecule has 0 aliphatic carbocycles. The Balaban J connectivity index is 1.53. The lowest BCUT2D eigenvalue weighted by Gasteiger charge is -2.15. The second-order valence-electron chi connectivity index (χ2n) is 8.15. The molecule has 0 bridgehead atoms. The van der Waals surface area contributed by atoms with Gasteiger partial charge in [0.2, 0.25) is 0 Å².